The highest BCUT2D eigenvalue weighted by Gasteiger charge is 2.24. The summed E-state index contributed by atoms with van der Waals surface area (Å²) < 4.78 is 0. The first kappa shape index (κ1) is 16.5. The van der Waals surface area contributed by atoms with E-state index < -0.39 is 0 Å². The number of nitrogens with two attached hydrogens (primary N) is 1. The van der Waals surface area contributed by atoms with Crippen LogP contribution in [0.4, 0.5) is 10.3 Å². The number of hydrogen-bond acceptors (Lipinski definition) is 7. The molecule has 1 aliphatic heterocycles. The number of fused-ring (bicyclic) bond motifs is 1. The van der Waals surface area contributed by atoms with Crippen molar-refractivity contribution in [1.29, 1.82) is 0 Å². The van der Waals surface area contributed by atoms with Gasteiger partial charge < -0.3 is 10.6 Å². The maximum atomic E-state index is 6.24. The Bertz CT molecular complexity index is 890. The van der Waals surface area contributed by atoms with Gasteiger partial charge in [0.15, 0.2) is 0 Å². The molecule has 2 N–H and O–H groups in total. The average molecular weight is 375 g/mol. The molecular weight excluding hydrogens is 356 g/mol. The molecule has 1 aromatic carbocycles. The summed E-state index contributed by atoms with van der Waals surface area (Å²) >= 11 is 7.68. The molecule has 0 spiro atoms. The van der Waals surface area contributed by atoms with E-state index in [0.717, 1.165) is 47.2 Å². The van der Waals surface area contributed by atoms with E-state index in [1.54, 1.807) is 6.20 Å². The quantitative estimate of drug-likeness (QED) is 0.759. The maximum Gasteiger partial charge on any atom is 0.210 e. The van der Waals surface area contributed by atoms with Crippen LogP contribution in [0.25, 0.3) is 10.9 Å². The van der Waals surface area contributed by atoms with Gasteiger partial charge in [-0.3, -0.25) is 9.88 Å². The Morgan fingerprint density at radius 2 is 1.96 bits per heavy atom. The lowest BCUT2D eigenvalue weighted by molar-refractivity contribution is 0.198. The predicted octanol–water partition coefficient (Wildman–Crippen LogP) is 3.21. The summed E-state index contributed by atoms with van der Waals surface area (Å²) in [7, 11) is 0. The largest absolute Gasteiger partial charge is 0.374 e. The molecule has 0 amide bonds. The summed E-state index contributed by atoms with van der Waals surface area (Å²) in [5.74, 6) is 0. The van der Waals surface area contributed by atoms with Crippen LogP contribution in [0, 0.1) is 0 Å². The molecule has 2 aromatic heterocycles. The van der Waals surface area contributed by atoms with Gasteiger partial charge in [-0.15, -0.1) is 10.2 Å². The van der Waals surface area contributed by atoms with Gasteiger partial charge in [-0.2, -0.15) is 0 Å². The number of piperazine rings is 1. The summed E-state index contributed by atoms with van der Waals surface area (Å²) in [6.45, 7) is 6.04. The zero-order valence-corrected chi connectivity index (χ0v) is 15.5. The summed E-state index contributed by atoms with van der Waals surface area (Å²) in [5, 5.41) is 11.2. The standard InChI is InChI=1S/C17H19ClN6S/c1-11(12-2-3-13-14(18)4-5-20-15(13)10-12)23-6-8-24(9-7-23)17-22-21-16(19)25-17/h2-5,10-11H,6-9H2,1H3,(H2,19,21). The zero-order valence-electron chi connectivity index (χ0n) is 13.9. The van der Waals surface area contributed by atoms with E-state index in [0.29, 0.717) is 11.2 Å². The van der Waals surface area contributed by atoms with Crippen LogP contribution in [0.2, 0.25) is 5.02 Å². The minimum Gasteiger partial charge on any atom is -0.374 e. The Morgan fingerprint density at radius 1 is 1.16 bits per heavy atom. The number of pyridine rings is 1. The number of benzene rings is 1. The summed E-state index contributed by atoms with van der Waals surface area (Å²) in [6, 6.07) is 8.51. The summed E-state index contributed by atoms with van der Waals surface area (Å²) in [6.07, 6.45) is 1.76. The van der Waals surface area contributed by atoms with Crippen LogP contribution in [0.5, 0.6) is 0 Å². The molecular formula is C17H19ClN6S. The van der Waals surface area contributed by atoms with E-state index in [1.165, 1.54) is 16.9 Å². The van der Waals surface area contributed by atoms with Crippen molar-refractivity contribution < 1.29 is 0 Å². The minimum atomic E-state index is 0.326. The first-order valence-electron chi connectivity index (χ1n) is 8.24. The van der Waals surface area contributed by atoms with Crippen molar-refractivity contribution in [3.63, 3.8) is 0 Å². The lowest BCUT2D eigenvalue weighted by Gasteiger charge is -2.38. The highest BCUT2D eigenvalue weighted by atomic mass is 35.5. The molecule has 0 bridgehead atoms. The molecule has 6 nitrogen and oxygen atoms in total. The zero-order chi connectivity index (χ0) is 17.4. The van der Waals surface area contributed by atoms with Gasteiger partial charge in [0, 0.05) is 43.8 Å². The number of halogens is 1. The fourth-order valence-corrected chi connectivity index (χ4v) is 4.13. The normalized spacial score (nSPS) is 17.1. The van der Waals surface area contributed by atoms with Crippen LogP contribution in [0.3, 0.4) is 0 Å². The minimum absolute atomic E-state index is 0.326. The van der Waals surface area contributed by atoms with Crippen LogP contribution in [0.15, 0.2) is 30.5 Å². The van der Waals surface area contributed by atoms with Gasteiger partial charge >= 0.3 is 0 Å². The molecule has 25 heavy (non-hydrogen) atoms. The van der Waals surface area contributed by atoms with Crippen molar-refractivity contribution in [3.8, 4) is 0 Å². The summed E-state index contributed by atoms with van der Waals surface area (Å²) in [5.41, 5.74) is 7.89. The van der Waals surface area contributed by atoms with E-state index >= 15 is 0 Å². The van der Waals surface area contributed by atoms with Crippen molar-refractivity contribution in [2.45, 2.75) is 13.0 Å². The van der Waals surface area contributed by atoms with Crippen molar-refractivity contribution in [2.75, 3.05) is 36.8 Å². The third-order valence-electron chi connectivity index (χ3n) is 4.76. The molecule has 1 aliphatic rings. The monoisotopic (exact) mass is 374 g/mol. The lowest BCUT2D eigenvalue weighted by Crippen LogP contribution is -2.47. The van der Waals surface area contributed by atoms with Gasteiger partial charge in [0.1, 0.15) is 0 Å². The molecule has 1 atom stereocenters. The molecule has 1 unspecified atom stereocenters. The first-order valence-corrected chi connectivity index (χ1v) is 9.43. The van der Waals surface area contributed by atoms with Gasteiger partial charge in [0.2, 0.25) is 10.3 Å². The number of rotatable bonds is 3. The molecule has 0 saturated carbocycles. The van der Waals surface area contributed by atoms with E-state index in [4.69, 9.17) is 17.3 Å². The van der Waals surface area contributed by atoms with Crippen molar-refractivity contribution in [2.24, 2.45) is 0 Å². The van der Waals surface area contributed by atoms with Gasteiger partial charge in [0.05, 0.1) is 10.5 Å². The molecule has 3 aromatic rings. The second-order valence-corrected chi connectivity index (χ2v) is 7.59. The van der Waals surface area contributed by atoms with Gasteiger partial charge in [-0.25, -0.2) is 0 Å². The second-order valence-electron chi connectivity index (χ2n) is 6.19. The number of hydrogen-bond donors (Lipinski definition) is 1. The van der Waals surface area contributed by atoms with Crippen LogP contribution in [-0.2, 0) is 0 Å². The maximum absolute atomic E-state index is 6.24. The van der Waals surface area contributed by atoms with E-state index in [1.807, 2.05) is 6.07 Å². The third kappa shape index (κ3) is 3.27. The fraction of sp³-hybridized carbons (Fsp3) is 0.353. The van der Waals surface area contributed by atoms with Crippen LogP contribution in [0.1, 0.15) is 18.5 Å². The second kappa shape index (κ2) is 6.74. The van der Waals surface area contributed by atoms with E-state index in [2.05, 4.69) is 50.1 Å². The average Bonchev–Trinajstić information content (AvgIpc) is 3.07. The van der Waals surface area contributed by atoms with Crippen molar-refractivity contribution in [1.82, 2.24) is 20.1 Å². The van der Waals surface area contributed by atoms with E-state index in [-0.39, 0.29) is 0 Å². The first-order chi connectivity index (χ1) is 12.1. The molecule has 0 radical (unpaired) electrons. The van der Waals surface area contributed by atoms with Crippen LogP contribution < -0.4 is 10.6 Å². The molecule has 0 aliphatic carbocycles. The highest BCUT2D eigenvalue weighted by molar-refractivity contribution is 7.18. The van der Waals surface area contributed by atoms with E-state index in [9.17, 15) is 0 Å². The lowest BCUT2D eigenvalue weighted by atomic mass is 10.0. The molecule has 3 heterocycles. The van der Waals surface area contributed by atoms with Crippen LogP contribution >= 0.6 is 22.9 Å². The summed E-state index contributed by atoms with van der Waals surface area (Å²) in [4.78, 5) is 9.18. The van der Waals surface area contributed by atoms with Crippen LogP contribution in [-0.4, -0.2) is 46.3 Å². The SMILES string of the molecule is CC(c1ccc2c(Cl)ccnc2c1)N1CCN(c2nnc(N)s2)CC1. The van der Waals surface area contributed by atoms with Gasteiger partial charge in [-0.1, -0.05) is 35.1 Å². The van der Waals surface area contributed by atoms with Gasteiger partial charge in [-0.05, 0) is 24.6 Å². The number of anilines is 2. The Hall–Kier alpha value is -1.96. The topological polar surface area (TPSA) is 71.2 Å². The third-order valence-corrected chi connectivity index (χ3v) is 5.90. The number of nitrogen functional groups attached to an aromatic ring is 1. The Balaban J connectivity index is 1.47. The molecule has 8 heteroatoms. The molecule has 4 rings (SSSR count). The predicted molar refractivity (Wildman–Crippen MR) is 103 cm³/mol. The number of nitrogens with zero attached hydrogens (tertiary/aromatic N) is 5. The highest BCUT2D eigenvalue weighted by Crippen LogP contribution is 2.29. The van der Waals surface area contributed by atoms with Crippen molar-refractivity contribution >= 4 is 44.1 Å². The Labute approximate surface area is 155 Å². The molecule has 1 fully saturated rings. The van der Waals surface area contributed by atoms with Gasteiger partial charge in [0.25, 0.3) is 0 Å². The molecule has 1 saturated heterocycles. The molecule has 130 valence electrons. The number of aromatic nitrogens is 3. The fourth-order valence-electron chi connectivity index (χ4n) is 3.26. The Kier molecular flexibility index (Phi) is 4.45. The smallest absolute Gasteiger partial charge is 0.210 e. The van der Waals surface area contributed by atoms with Crippen molar-refractivity contribution in [3.05, 3.63) is 41.0 Å². The Morgan fingerprint density at radius 3 is 2.68 bits per heavy atom.